The highest BCUT2D eigenvalue weighted by Crippen LogP contribution is 2.35. The highest BCUT2D eigenvalue weighted by atomic mass is 32.2. The molecule has 0 saturated carbocycles. The highest BCUT2D eigenvalue weighted by Gasteiger charge is 2.09. The van der Waals surface area contributed by atoms with Crippen LogP contribution in [-0.2, 0) is 0 Å². The number of thioether (sulfide) groups is 1. The lowest BCUT2D eigenvalue weighted by Crippen LogP contribution is -1.90. The van der Waals surface area contributed by atoms with Crippen LogP contribution in [0.2, 0.25) is 0 Å². The van der Waals surface area contributed by atoms with E-state index in [0.717, 1.165) is 20.1 Å². The third kappa shape index (κ3) is 3.53. The van der Waals surface area contributed by atoms with Crippen molar-refractivity contribution >= 4 is 39.4 Å². The molecule has 0 unspecified atom stereocenters. The van der Waals surface area contributed by atoms with E-state index in [4.69, 9.17) is 9.47 Å². The maximum Gasteiger partial charge on any atom is 0.156 e. The number of aromatic nitrogens is 1. The van der Waals surface area contributed by atoms with Crippen molar-refractivity contribution in [3.8, 4) is 17.6 Å². The smallest absolute Gasteiger partial charge is 0.156 e. The molecular weight excluding hydrogens is 340 g/mol. The molecular formula is C18H14N2O2S2. The zero-order valence-corrected chi connectivity index (χ0v) is 14.8. The molecule has 0 fully saturated rings. The van der Waals surface area contributed by atoms with Gasteiger partial charge in [-0.15, -0.1) is 11.3 Å². The van der Waals surface area contributed by atoms with Gasteiger partial charge in [0.1, 0.15) is 17.6 Å². The molecule has 0 radical (unpaired) electrons. The van der Waals surface area contributed by atoms with Gasteiger partial charge in [-0.1, -0.05) is 12.1 Å². The fraction of sp³-hybridized carbons (Fsp3) is 0.111. The van der Waals surface area contributed by atoms with Gasteiger partial charge < -0.3 is 9.47 Å². The first-order valence-corrected chi connectivity index (χ1v) is 8.74. The molecule has 1 aromatic heterocycles. The van der Waals surface area contributed by atoms with Crippen LogP contribution in [0.1, 0.15) is 5.56 Å². The molecule has 120 valence electrons. The lowest BCUT2D eigenvalue weighted by atomic mass is 10.2. The van der Waals surface area contributed by atoms with Gasteiger partial charge in [0.15, 0.2) is 4.34 Å². The number of methoxy groups -OCH3 is 2. The Morgan fingerprint density at radius 3 is 2.75 bits per heavy atom. The summed E-state index contributed by atoms with van der Waals surface area (Å²) >= 11 is 2.94. The Bertz CT molecular complexity index is 909. The van der Waals surface area contributed by atoms with E-state index in [9.17, 15) is 5.26 Å². The van der Waals surface area contributed by atoms with Gasteiger partial charge in [-0.05, 0) is 42.1 Å². The Balaban J connectivity index is 1.91. The fourth-order valence-electron chi connectivity index (χ4n) is 2.15. The summed E-state index contributed by atoms with van der Waals surface area (Å²) in [5, 5.41) is 9.46. The first kappa shape index (κ1) is 16.4. The van der Waals surface area contributed by atoms with E-state index in [1.54, 1.807) is 37.7 Å². The number of rotatable bonds is 5. The molecule has 4 nitrogen and oxygen atoms in total. The maximum absolute atomic E-state index is 9.46. The van der Waals surface area contributed by atoms with E-state index < -0.39 is 0 Å². The summed E-state index contributed by atoms with van der Waals surface area (Å²) in [4.78, 5) is 5.10. The second kappa shape index (κ2) is 7.39. The SMILES string of the molecule is COc1ccc(/C=C(/C#N)Sc2nc3ccccc3s2)c(OC)c1. The van der Waals surface area contributed by atoms with Crippen molar-refractivity contribution in [1.29, 1.82) is 5.26 Å². The van der Waals surface area contributed by atoms with Crippen molar-refractivity contribution in [1.82, 2.24) is 4.98 Å². The summed E-state index contributed by atoms with van der Waals surface area (Å²) in [6.45, 7) is 0. The van der Waals surface area contributed by atoms with E-state index >= 15 is 0 Å². The standard InChI is InChI=1S/C18H14N2O2S2/c1-21-13-8-7-12(16(10-13)22-2)9-14(11-19)23-18-20-15-5-3-4-6-17(15)24-18/h3-10H,1-2H3/b14-9-. The van der Waals surface area contributed by atoms with Crippen LogP contribution in [0, 0.1) is 11.3 Å². The number of hydrogen-bond acceptors (Lipinski definition) is 6. The van der Waals surface area contributed by atoms with Gasteiger partial charge in [0.25, 0.3) is 0 Å². The monoisotopic (exact) mass is 354 g/mol. The minimum absolute atomic E-state index is 0.553. The number of allylic oxidation sites excluding steroid dienone is 1. The normalized spacial score (nSPS) is 11.3. The number of para-hydroxylation sites is 1. The van der Waals surface area contributed by atoms with Crippen LogP contribution in [0.3, 0.4) is 0 Å². The summed E-state index contributed by atoms with van der Waals surface area (Å²) < 4.78 is 12.5. The largest absolute Gasteiger partial charge is 0.497 e. The van der Waals surface area contributed by atoms with Crippen LogP contribution < -0.4 is 9.47 Å². The van der Waals surface area contributed by atoms with Gasteiger partial charge in [-0.25, -0.2) is 4.98 Å². The van der Waals surface area contributed by atoms with Crippen molar-refractivity contribution in [2.75, 3.05) is 14.2 Å². The fourth-order valence-corrected chi connectivity index (χ4v) is 4.12. The molecule has 0 saturated heterocycles. The van der Waals surface area contributed by atoms with Gasteiger partial charge in [-0.3, -0.25) is 0 Å². The van der Waals surface area contributed by atoms with Crippen LogP contribution in [-0.4, -0.2) is 19.2 Å². The van der Waals surface area contributed by atoms with Gasteiger partial charge in [0.2, 0.25) is 0 Å². The number of benzene rings is 2. The molecule has 6 heteroatoms. The summed E-state index contributed by atoms with van der Waals surface area (Å²) in [5.41, 5.74) is 1.77. The first-order chi connectivity index (χ1) is 11.7. The zero-order chi connectivity index (χ0) is 16.9. The van der Waals surface area contributed by atoms with Crippen LogP contribution in [0.4, 0.5) is 0 Å². The maximum atomic E-state index is 9.46. The summed E-state index contributed by atoms with van der Waals surface area (Å²) in [6.07, 6.45) is 1.80. The average Bonchev–Trinajstić information content (AvgIpc) is 3.03. The van der Waals surface area contributed by atoms with Gasteiger partial charge >= 0.3 is 0 Å². The molecule has 0 spiro atoms. The Hall–Kier alpha value is -2.49. The molecule has 0 bridgehead atoms. The molecule has 2 aromatic carbocycles. The summed E-state index contributed by atoms with van der Waals surface area (Å²) in [6, 6.07) is 15.7. The predicted octanol–water partition coefficient (Wildman–Crippen LogP) is 4.97. The predicted molar refractivity (Wildman–Crippen MR) is 98.6 cm³/mol. The van der Waals surface area contributed by atoms with Gasteiger partial charge in [-0.2, -0.15) is 5.26 Å². The Kier molecular flexibility index (Phi) is 5.04. The molecule has 0 aliphatic rings. The third-order valence-corrected chi connectivity index (χ3v) is 5.33. The lowest BCUT2D eigenvalue weighted by Gasteiger charge is -2.07. The Morgan fingerprint density at radius 1 is 1.21 bits per heavy atom. The number of fused-ring (bicyclic) bond motifs is 1. The van der Waals surface area contributed by atoms with Crippen LogP contribution in [0.25, 0.3) is 16.3 Å². The van der Waals surface area contributed by atoms with Gasteiger partial charge in [0, 0.05) is 11.6 Å². The van der Waals surface area contributed by atoms with Crippen LogP contribution >= 0.6 is 23.1 Å². The molecule has 3 aromatic rings. The highest BCUT2D eigenvalue weighted by molar-refractivity contribution is 8.05. The van der Waals surface area contributed by atoms with Gasteiger partial charge in [0.05, 0.1) is 29.3 Å². The first-order valence-electron chi connectivity index (χ1n) is 7.10. The van der Waals surface area contributed by atoms with Crippen LogP contribution in [0.15, 0.2) is 51.7 Å². The van der Waals surface area contributed by atoms with Crippen molar-refractivity contribution in [2.24, 2.45) is 0 Å². The molecule has 0 N–H and O–H groups in total. The molecule has 3 rings (SSSR count). The summed E-state index contributed by atoms with van der Waals surface area (Å²) in [5.74, 6) is 1.37. The number of nitrogens with zero attached hydrogens (tertiary/aromatic N) is 2. The van der Waals surface area contributed by atoms with E-state index in [2.05, 4.69) is 11.1 Å². The Labute approximate surface area is 148 Å². The molecule has 1 heterocycles. The van der Waals surface area contributed by atoms with Crippen molar-refractivity contribution in [2.45, 2.75) is 4.34 Å². The molecule has 0 aliphatic heterocycles. The minimum Gasteiger partial charge on any atom is -0.497 e. The van der Waals surface area contributed by atoms with E-state index in [1.807, 2.05) is 36.4 Å². The second-order valence-electron chi connectivity index (χ2n) is 4.78. The molecule has 24 heavy (non-hydrogen) atoms. The second-order valence-corrected chi connectivity index (χ2v) is 7.10. The van der Waals surface area contributed by atoms with Crippen molar-refractivity contribution in [3.05, 3.63) is 52.9 Å². The van der Waals surface area contributed by atoms with Crippen molar-refractivity contribution in [3.63, 3.8) is 0 Å². The Morgan fingerprint density at radius 2 is 2.04 bits per heavy atom. The van der Waals surface area contributed by atoms with E-state index in [-0.39, 0.29) is 0 Å². The third-order valence-electron chi connectivity index (χ3n) is 3.31. The van der Waals surface area contributed by atoms with Crippen molar-refractivity contribution < 1.29 is 9.47 Å². The number of nitriles is 1. The zero-order valence-electron chi connectivity index (χ0n) is 13.1. The summed E-state index contributed by atoms with van der Waals surface area (Å²) in [7, 11) is 3.20. The number of thiazole rings is 1. The minimum atomic E-state index is 0.553. The topological polar surface area (TPSA) is 55.1 Å². The number of ether oxygens (including phenoxy) is 2. The molecule has 0 atom stereocenters. The molecule has 0 amide bonds. The van der Waals surface area contributed by atoms with E-state index in [0.29, 0.717) is 16.4 Å². The van der Waals surface area contributed by atoms with Crippen LogP contribution in [0.5, 0.6) is 11.5 Å². The van der Waals surface area contributed by atoms with E-state index in [1.165, 1.54) is 11.8 Å². The lowest BCUT2D eigenvalue weighted by molar-refractivity contribution is 0.394. The quantitative estimate of drug-likeness (QED) is 0.478. The molecule has 0 aliphatic carbocycles. The average molecular weight is 354 g/mol. The number of hydrogen-bond donors (Lipinski definition) is 0.